The Morgan fingerprint density at radius 2 is 2.06 bits per heavy atom. The van der Waals surface area contributed by atoms with Gasteiger partial charge >= 0.3 is 6.03 Å². The van der Waals surface area contributed by atoms with Gasteiger partial charge in [-0.15, -0.1) is 0 Å². The van der Waals surface area contributed by atoms with Crippen molar-refractivity contribution >= 4 is 6.03 Å². The van der Waals surface area contributed by atoms with E-state index in [1.54, 1.807) is 6.92 Å². The van der Waals surface area contributed by atoms with Crippen molar-refractivity contribution in [3.8, 4) is 0 Å². The van der Waals surface area contributed by atoms with E-state index in [4.69, 9.17) is 0 Å². The molecule has 0 spiro atoms. The highest BCUT2D eigenvalue weighted by atomic mass is 16.3. The van der Waals surface area contributed by atoms with Gasteiger partial charge in [0.25, 0.3) is 0 Å². The Morgan fingerprint density at radius 3 is 2.56 bits per heavy atom. The lowest BCUT2D eigenvalue weighted by Crippen LogP contribution is -2.48. The van der Waals surface area contributed by atoms with E-state index in [0.29, 0.717) is 13.0 Å². The van der Waals surface area contributed by atoms with Crippen LogP contribution in [0, 0.1) is 5.92 Å². The van der Waals surface area contributed by atoms with Crippen LogP contribution >= 0.6 is 0 Å². The van der Waals surface area contributed by atoms with Gasteiger partial charge in [-0.3, -0.25) is 0 Å². The molecule has 0 saturated carbocycles. The number of urea groups is 1. The van der Waals surface area contributed by atoms with Gasteiger partial charge in [0.15, 0.2) is 0 Å². The number of nitrogens with one attached hydrogen (secondary N) is 1. The van der Waals surface area contributed by atoms with Crippen LogP contribution in [-0.4, -0.2) is 41.3 Å². The van der Waals surface area contributed by atoms with Gasteiger partial charge in [0.05, 0.1) is 5.60 Å². The summed E-state index contributed by atoms with van der Waals surface area (Å²) < 4.78 is 0. The van der Waals surface area contributed by atoms with Gasteiger partial charge in [-0.2, -0.15) is 0 Å². The molecular formula is C12H24N2O2. The molecule has 1 rings (SSSR count). The van der Waals surface area contributed by atoms with Crippen molar-refractivity contribution < 1.29 is 9.90 Å². The SMILES string of the molecule is CCC(C)(O)CNC(=O)N1CCC(C)CC1. The highest BCUT2D eigenvalue weighted by molar-refractivity contribution is 5.74. The molecule has 1 fully saturated rings. The average Bonchev–Trinajstić information content (AvgIpc) is 2.27. The molecular weight excluding hydrogens is 204 g/mol. The number of amides is 2. The third kappa shape index (κ3) is 4.00. The molecule has 1 heterocycles. The zero-order chi connectivity index (χ0) is 12.2. The third-order valence-electron chi connectivity index (χ3n) is 3.45. The van der Waals surface area contributed by atoms with Crippen LogP contribution in [0.2, 0.25) is 0 Å². The first-order chi connectivity index (χ1) is 7.44. The first kappa shape index (κ1) is 13.3. The maximum Gasteiger partial charge on any atom is 0.317 e. The van der Waals surface area contributed by atoms with Crippen molar-refractivity contribution in [1.29, 1.82) is 0 Å². The molecule has 1 unspecified atom stereocenters. The van der Waals surface area contributed by atoms with Crippen LogP contribution in [0.15, 0.2) is 0 Å². The predicted molar refractivity (Wildman–Crippen MR) is 64.3 cm³/mol. The Bertz CT molecular complexity index is 233. The third-order valence-corrected chi connectivity index (χ3v) is 3.45. The van der Waals surface area contributed by atoms with Crippen LogP contribution in [0.3, 0.4) is 0 Å². The number of hydrogen-bond acceptors (Lipinski definition) is 2. The largest absolute Gasteiger partial charge is 0.388 e. The summed E-state index contributed by atoms with van der Waals surface area (Å²) in [5.41, 5.74) is -0.793. The summed E-state index contributed by atoms with van der Waals surface area (Å²) in [4.78, 5) is 13.6. The van der Waals surface area contributed by atoms with Crippen LogP contribution in [0.25, 0.3) is 0 Å². The molecule has 0 aliphatic carbocycles. The standard InChI is InChI=1S/C12H24N2O2/c1-4-12(3,16)9-13-11(15)14-7-5-10(2)6-8-14/h10,16H,4-9H2,1-3H3,(H,13,15). The molecule has 1 aliphatic heterocycles. The molecule has 0 aromatic rings. The van der Waals surface area contributed by atoms with Gasteiger partial charge < -0.3 is 15.3 Å². The molecule has 4 heteroatoms. The number of hydrogen-bond donors (Lipinski definition) is 2. The minimum atomic E-state index is -0.793. The summed E-state index contributed by atoms with van der Waals surface area (Å²) >= 11 is 0. The molecule has 1 saturated heterocycles. The van der Waals surface area contributed by atoms with Crippen molar-refractivity contribution in [1.82, 2.24) is 10.2 Å². The van der Waals surface area contributed by atoms with Gasteiger partial charge in [0.1, 0.15) is 0 Å². The lowest BCUT2D eigenvalue weighted by Gasteiger charge is -2.31. The molecule has 16 heavy (non-hydrogen) atoms. The molecule has 1 aliphatic rings. The van der Waals surface area contributed by atoms with Crippen LogP contribution in [0.1, 0.15) is 40.0 Å². The number of aliphatic hydroxyl groups is 1. The van der Waals surface area contributed by atoms with Gasteiger partial charge in [0, 0.05) is 19.6 Å². The van der Waals surface area contributed by atoms with Crippen LogP contribution in [-0.2, 0) is 0 Å². The predicted octanol–water partition coefficient (Wildman–Crippen LogP) is 1.59. The maximum atomic E-state index is 11.8. The molecule has 1 atom stereocenters. The number of nitrogens with zero attached hydrogens (tertiary/aromatic N) is 1. The fourth-order valence-electron chi connectivity index (χ4n) is 1.71. The lowest BCUT2D eigenvalue weighted by atomic mass is 9.99. The Morgan fingerprint density at radius 1 is 1.50 bits per heavy atom. The molecule has 2 amide bonds. The second-order valence-corrected chi connectivity index (χ2v) is 5.18. The minimum Gasteiger partial charge on any atom is -0.388 e. The fourth-order valence-corrected chi connectivity index (χ4v) is 1.71. The van der Waals surface area contributed by atoms with Crippen LogP contribution < -0.4 is 5.32 Å². The van der Waals surface area contributed by atoms with Gasteiger partial charge in [-0.05, 0) is 32.1 Å². The average molecular weight is 228 g/mol. The van der Waals surface area contributed by atoms with E-state index in [0.717, 1.165) is 31.8 Å². The Labute approximate surface area is 98.0 Å². The van der Waals surface area contributed by atoms with Crippen molar-refractivity contribution in [2.45, 2.75) is 45.6 Å². The zero-order valence-corrected chi connectivity index (χ0v) is 10.6. The zero-order valence-electron chi connectivity index (χ0n) is 10.6. The Balaban J connectivity index is 2.30. The topological polar surface area (TPSA) is 52.6 Å². The Hall–Kier alpha value is -0.770. The second-order valence-electron chi connectivity index (χ2n) is 5.18. The molecule has 2 N–H and O–H groups in total. The first-order valence-electron chi connectivity index (χ1n) is 6.20. The van der Waals surface area contributed by atoms with E-state index in [2.05, 4.69) is 12.2 Å². The van der Waals surface area contributed by atoms with Crippen LogP contribution in [0.4, 0.5) is 4.79 Å². The van der Waals surface area contributed by atoms with Crippen LogP contribution in [0.5, 0.6) is 0 Å². The normalized spacial score (nSPS) is 21.6. The molecule has 94 valence electrons. The molecule has 4 nitrogen and oxygen atoms in total. The number of carbonyl (C=O) groups excluding carboxylic acids is 1. The summed E-state index contributed by atoms with van der Waals surface area (Å²) in [5.74, 6) is 0.725. The summed E-state index contributed by atoms with van der Waals surface area (Å²) in [6, 6.07) is -0.0411. The van der Waals surface area contributed by atoms with Crippen molar-refractivity contribution in [3.05, 3.63) is 0 Å². The summed E-state index contributed by atoms with van der Waals surface area (Å²) in [5, 5.41) is 12.6. The number of carbonyl (C=O) groups is 1. The molecule has 0 aromatic carbocycles. The summed E-state index contributed by atoms with van der Waals surface area (Å²) in [6.45, 7) is 7.87. The number of likely N-dealkylation sites (tertiary alicyclic amines) is 1. The smallest absolute Gasteiger partial charge is 0.317 e. The lowest BCUT2D eigenvalue weighted by molar-refractivity contribution is 0.0557. The monoisotopic (exact) mass is 228 g/mol. The van der Waals surface area contributed by atoms with Gasteiger partial charge in [-0.25, -0.2) is 4.79 Å². The highest BCUT2D eigenvalue weighted by Gasteiger charge is 2.23. The molecule has 0 bridgehead atoms. The van der Waals surface area contributed by atoms with E-state index in [9.17, 15) is 9.90 Å². The maximum absolute atomic E-state index is 11.8. The van der Waals surface area contributed by atoms with E-state index >= 15 is 0 Å². The van der Waals surface area contributed by atoms with E-state index in [1.807, 2.05) is 11.8 Å². The molecule has 0 radical (unpaired) electrons. The van der Waals surface area contributed by atoms with E-state index in [-0.39, 0.29) is 6.03 Å². The number of rotatable bonds is 3. The minimum absolute atomic E-state index is 0.0411. The fraction of sp³-hybridized carbons (Fsp3) is 0.917. The van der Waals surface area contributed by atoms with Crippen molar-refractivity contribution in [3.63, 3.8) is 0 Å². The number of piperidine rings is 1. The first-order valence-corrected chi connectivity index (χ1v) is 6.20. The van der Waals surface area contributed by atoms with Crippen molar-refractivity contribution in [2.24, 2.45) is 5.92 Å². The van der Waals surface area contributed by atoms with E-state index < -0.39 is 5.60 Å². The highest BCUT2D eigenvalue weighted by Crippen LogP contribution is 2.16. The van der Waals surface area contributed by atoms with E-state index in [1.165, 1.54) is 0 Å². The molecule has 0 aromatic heterocycles. The van der Waals surface area contributed by atoms with Gasteiger partial charge in [-0.1, -0.05) is 13.8 Å². The second kappa shape index (κ2) is 5.53. The van der Waals surface area contributed by atoms with Gasteiger partial charge in [0.2, 0.25) is 0 Å². The Kier molecular flexibility index (Phi) is 4.59. The summed E-state index contributed by atoms with van der Waals surface area (Å²) in [6.07, 6.45) is 2.81. The quantitative estimate of drug-likeness (QED) is 0.770. The van der Waals surface area contributed by atoms with Crippen molar-refractivity contribution in [2.75, 3.05) is 19.6 Å². The summed E-state index contributed by atoms with van der Waals surface area (Å²) in [7, 11) is 0.